The van der Waals surface area contributed by atoms with Gasteiger partial charge < -0.3 is 19.8 Å². The number of unbranched alkanes of at least 4 members (excludes halogenated alkanes) is 19. The van der Waals surface area contributed by atoms with E-state index in [0.717, 1.165) is 70.6 Å². The van der Waals surface area contributed by atoms with Gasteiger partial charge in [-0.25, -0.2) is 4.57 Å². The van der Waals surface area contributed by atoms with E-state index >= 15 is 0 Å². The molecule has 0 saturated heterocycles. The van der Waals surface area contributed by atoms with Gasteiger partial charge in [-0.2, -0.15) is 0 Å². The molecule has 0 rings (SSSR count). The Hall–Kier alpha value is -1.80. The van der Waals surface area contributed by atoms with Gasteiger partial charge in [0.25, 0.3) is 0 Å². The Kier molecular flexibility index (Phi) is 37.5. The number of quaternary nitrogens is 1. The normalized spacial score (nSPS) is 14.9. The molecule has 0 heterocycles. The number of carbonyl (C=O) groups excluding carboxylic acids is 1. The number of likely N-dealkylation sites (N-methyl/N-ethyl adjacent to an activating group) is 1. The molecule has 3 unspecified atom stereocenters. The van der Waals surface area contributed by atoms with Gasteiger partial charge in [-0.3, -0.25) is 13.8 Å². The van der Waals surface area contributed by atoms with Crippen molar-refractivity contribution in [3.8, 4) is 0 Å². The van der Waals surface area contributed by atoms with Crippen LogP contribution in [0, 0.1) is 0 Å². The van der Waals surface area contributed by atoms with Crippen molar-refractivity contribution in [2.45, 2.75) is 193 Å². The number of rotatable bonds is 40. The first kappa shape index (κ1) is 54.2. The molecular formula is C47H88N2O6P+. The lowest BCUT2D eigenvalue weighted by Crippen LogP contribution is -2.45. The third kappa shape index (κ3) is 40.4. The van der Waals surface area contributed by atoms with Crippen LogP contribution in [0.15, 0.2) is 60.8 Å². The number of aliphatic hydroxyl groups is 1. The van der Waals surface area contributed by atoms with Crippen molar-refractivity contribution >= 4 is 13.7 Å². The fourth-order valence-electron chi connectivity index (χ4n) is 6.15. The smallest absolute Gasteiger partial charge is 0.387 e. The summed E-state index contributed by atoms with van der Waals surface area (Å²) >= 11 is 0. The number of hydrogen-bond donors (Lipinski definition) is 3. The molecule has 0 aliphatic rings. The van der Waals surface area contributed by atoms with E-state index in [9.17, 15) is 19.4 Å². The number of phosphoric acid groups is 1. The van der Waals surface area contributed by atoms with E-state index in [1.165, 1.54) is 89.9 Å². The Morgan fingerprint density at radius 2 is 1.07 bits per heavy atom. The minimum absolute atomic E-state index is 0.0573. The second kappa shape index (κ2) is 38.7. The number of carbonyl (C=O) groups is 1. The van der Waals surface area contributed by atoms with E-state index in [4.69, 9.17) is 9.05 Å². The summed E-state index contributed by atoms with van der Waals surface area (Å²) < 4.78 is 23.5. The molecule has 56 heavy (non-hydrogen) atoms. The molecule has 326 valence electrons. The fourth-order valence-corrected chi connectivity index (χ4v) is 6.88. The first-order valence-electron chi connectivity index (χ1n) is 22.7. The summed E-state index contributed by atoms with van der Waals surface area (Å²) in [4.78, 5) is 23.1. The zero-order valence-corrected chi connectivity index (χ0v) is 37.8. The molecule has 0 aliphatic carbocycles. The van der Waals surface area contributed by atoms with Crippen molar-refractivity contribution in [3.63, 3.8) is 0 Å². The zero-order chi connectivity index (χ0) is 41.4. The molecule has 0 radical (unpaired) electrons. The Morgan fingerprint density at radius 3 is 1.57 bits per heavy atom. The van der Waals surface area contributed by atoms with Gasteiger partial charge in [-0.15, -0.1) is 0 Å². The third-order valence-corrected chi connectivity index (χ3v) is 10.7. The van der Waals surface area contributed by atoms with Crippen molar-refractivity contribution in [2.75, 3.05) is 40.9 Å². The molecule has 8 nitrogen and oxygen atoms in total. The summed E-state index contributed by atoms with van der Waals surface area (Å²) in [6, 6.07) is -0.852. The average Bonchev–Trinajstić information content (AvgIpc) is 3.15. The highest BCUT2D eigenvalue weighted by molar-refractivity contribution is 7.47. The fraction of sp³-hybridized carbons (Fsp3) is 0.766. The Morgan fingerprint density at radius 1 is 0.625 bits per heavy atom. The molecule has 0 aliphatic heterocycles. The highest BCUT2D eigenvalue weighted by Crippen LogP contribution is 2.43. The maximum Gasteiger partial charge on any atom is 0.472 e. The molecular weight excluding hydrogens is 719 g/mol. The van der Waals surface area contributed by atoms with Gasteiger partial charge in [-0.05, 0) is 57.8 Å². The van der Waals surface area contributed by atoms with Crippen LogP contribution in [-0.4, -0.2) is 73.4 Å². The number of nitrogens with zero attached hydrogens (tertiary/aromatic N) is 1. The number of hydrogen-bond acceptors (Lipinski definition) is 5. The van der Waals surface area contributed by atoms with Gasteiger partial charge in [0, 0.05) is 6.42 Å². The van der Waals surface area contributed by atoms with Crippen molar-refractivity contribution in [2.24, 2.45) is 0 Å². The van der Waals surface area contributed by atoms with Crippen molar-refractivity contribution in [1.82, 2.24) is 5.32 Å². The van der Waals surface area contributed by atoms with Crippen LogP contribution in [-0.2, 0) is 18.4 Å². The predicted octanol–water partition coefficient (Wildman–Crippen LogP) is 12.6. The van der Waals surface area contributed by atoms with Gasteiger partial charge in [0.1, 0.15) is 13.2 Å². The predicted molar refractivity (Wildman–Crippen MR) is 240 cm³/mol. The quantitative estimate of drug-likeness (QED) is 0.0246. The molecule has 1 amide bonds. The van der Waals surface area contributed by atoms with Crippen LogP contribution in [0.3, 0.4) is 0 Å². The van der Waals surface area contributed by atoms with Crippen LogP contribution in [0.4, 0.5) is 0 Å². The number of allylic oxidation sites excluding steroid dienone is 9. The van der Waals surface area contributed by atoms with Crippen LogP contribution < -0.4 is 5.32 Å². The molecule has 3 atom stereocenters. The Balaban J connectivity index is 4.39. The van der Waals surface area contributed by atoms with Gasteiger partial charge in [0.15, 0.2) is 0 Å². The summed E-state index contributed by atoms with van der Waals surface area (Å²) in [6.45, 7) is 4.68. The zero-order valence-electron chi connectivity index (χ0n) is 36.9. The molecule has 9 heteroatoms. The lowest BCUT2D eigenvalue weighted by Gasteiger charge is -2.25. The standard InChI is InChI=1S/C47H87N2O6P/c1-6-8-10-12-14-16-18-20-21-22-23-24-25-26-27-29-31-33-35-37-39-41-47(51)48-45(44-55-56(52,53)54-43-42-49(3,4)5)46(50)40-38-36-34-32-30-28-19-17-15-13-11-9-7-2/h8,10,14,16,20-21,23-24,38,40,45-46,50H,6-7,9,11-13,15,17-19,22,25-37,39,41-44H2,1-5H3,(H-,48,51,52,53)/p+1/b10-8-,16-14-,21-20-,24-23-,40-38+. The summed E-state index contributed by atoms with van der Waals surface area (Å²) in [5, 5.41) is 13.8. The van der Waals surface area contributed by atoms with Crippen LogP contribution in [0.2, 0.25) is 0 Å². The van der Waals surface area contributed by atoms with E-state index in [-0.39, 0.29) is 19.1 Å². The highest BCUT2D eigenvalue weighted by atomic mass is 31.2. The second-order valence-corrected chi connectivity index (χ2v) is 17.9. The van der Waals surface area contributed by atoms with Crippen LogP contribution in [0.5, 0.6) is 0 Å². The lowest BCUT2D eigenvalue weighted by atomic mass is 10.0. The number of nitrogens with one attached hydrogen (secondary N) is 1. The number of phosphoric ester groups is 1. The van der Waals surface area contributed by atoms with Crippen LogP contribution >= 0.6 is 7.82 Å². The SMILES string of the molecule is CC/C=C\C/C=C\C/C=C\C/C=C\CCCCCCCCCCC(=O)NC(COP(=O)(O)OCC[N+](C)(C)C)C(O)/C=C/CCCCCCCCCCCCC. The molecule has 0 aromatic rings. The van der Waals surface area contributed by atoms with E-state index < -0.39 is 20.0 Å². The molecule has 0 aromatic heterocycles. The Labute approximate surface area is 345 Å². The third-order valence-electron chi connectivity index (χ3n) is 9.74. The van der Waals surface area contributed by atoms with Crippen molar-refractivity contribution in [3.05, 3.63) is 60.8 Å². The maximum absolute atomic E-state index is 12.9. The molecule has 0 fully saturated rings. The molecule has 0 spiro atoms. The van der Waals surface area contributed by atoms with Gasteiger partial charge in [0.05, 0.1) is 39.9 Å². The van der Waals surface area contributed by atoms with E-state index in [0.29, 0.717) is 17.4 Å². The molecule has 0 aromatic carbocycles. The topological polar surface area (TPSA) is 105 Å². The average molecular weight is 808 g/mol. The van der Waals surface area contributed by atoms with Gasteiger partial charge in [0.2, 0.25) is 5.91 Å². The first-order chi connectivity index (χ1) is 27.0. The van der Waals surface area contributed by atoms with Gasteiger partial charge in [-0.1, -0.05) is 177 Å². The van der Waals surface area contributed by atoms with Crippen molar-refractivity contribution < 1.29 is 32.9 Å². The van der Waals surface area contributed by atoms with Crippen LogP contribution in [0.1, 0.15) is 181 Å². The van der Waals surface area contributed by atoms with Gasteiger partial charge >= 0.3 is 7.82 Å². The number of aliphatic hydroxyl groups excluding tert-OH is 1. The summed E-state index contributed by atoms with van der Waals surface area (Å²) in [5.74, 6) is -0.189. The Bertz CT molecular complexity index is 1100. The highest BCUT2D eigenvalue weighted by Gasteiger charge is 2.27. The first-order valence-corrected chi connectivity index (χ1v) is 24.2. The minimum atomic E-state index is -4.34. The number of amides is 1. The largest absolute Gasteiger partial charge is 0.472 e. The minimum Gasteiger partial charge on any atom is -0.387 e. The maximum atomic E-state index is 12.9. The molecule has 3 N–H and O–H groups in total. The van der Waals surface area contributed by atoms with E-state index in [1.807, 2.05) is 27.2 Å². The molecule has 0 bridgehead atoms. The second-order valence-electron chi connectivity index (χ2n) is 16.4. The summed E-state index contributed by atoms with van der Waals surface area (Å²) in [6.07, 6.45) is 50.0. The monoisotopic (exact) mass is 808 g/mol. The molecule has 0 saturated carbocycles. The summed E-state index contributed by atoms with van der Waals surface area (Å²) in [5.41, 5.74) is 0. The van der Waals surface area contributed by atoms with E-state index in [1.54, 1.807) is 6.08 Å². The van der Waals surface area contributed by atoms with Crippen molar-refractivity contribution in [1.29, 1.82) is 0 Å². The lowest BCUT2D eigenvalue weighted by molar-refractivity contribution is -0.870. The summed E-state index contributed by atoms with van der Waals surface area (Å²) in [7, 11) is 1.56. The van der Waals surface area contributed by atoms with E-state index in [2.05, 4.69) is 67.8 Å². The van der Waals surface area contributed by atoms with Crippen LogP contribution in [0.25, 0.3) is 0 Å².